The Hall–Kier alpha value is -1.28. The van der Waals surface area contributed by atoms with Crippen LogP contribution in [0.2, 0.25) is 0 Å². The molecule has 1 aromatic carbocycles. The lowest BCUT2D eigenvalue weighted by atomic mass is 9.93. The van der Waals surface area contributed by atoms with Crippen LogP contribution >= 0.6 is 0 Å². The van der Waals surface area contributed by atoms with E-state index in [2.05, 4.69) is 36.5 Å². The summed E-state index contributed by atoms with van der Waals surface area (Å²) >= 11 is 0. The quantitative estimate of drug-likeness (QED) is 0.880. The number of fused-ring (bicyclic) bond motifs is 1. The van der Waals surface area contributed by atoms with Gasteiger partial charge in [-0.05, 0) is 44.0 Å². The third kappa shape index (κ3) is 2.17. The van der Waals surface area contributed by atoms with Crippen molar-refractivity contribution in [3.8, 4) is 0 Å². The molecule has 1 aromatic heterocycles. The summed E-state index contributed by atoms with van der Waals surface area (Å²) < 4.78 is 6.03. The van der Waals surface area contributed by atoms with Crippen LogP contribution in [0.3, 0.4) is 0 Å². The third-order valence-corrected chi connectivity index (χ3v) is 4.13. The highest BCUT2D eigenvalue weighted by molar-refractivity contribution is 5.77. The molecule has 0 bridgehead atoms. The summed E-state index contributed by atoms with van der Waals surface area (Å²) in [6, 6.07) is 10.6. The van der Waals surface area contributed by atoms with Crippen molar-refractivity contribution >= 4 is 11.0 Å². The number of rotatable bonds is 4. The van der Waals surface area contributed by atoms with Crippen LogP contribution in [0, 0.1) is 5.92 Å². The summed E-state index contributed by atoms with van der Waals surface area (Å²) in [5, 5.41) is 4.72. The zero-order chi connectivity index (χ0) is 12.4. The van der Waals surface area contributed by atoms with Crippen LogP contribution in [0.15, 0.2) is 34.7 Å². The van der Waals surface area contributed by atoms with E-state index in [-0.39, 0.29) is 0 Å². The summed E-state index contributed by atoms with van der Waals surface area (Å²) in [5.41, 5.74) is 1.03. The number of hydrogen-bond donors (Lipinski definition) is 1. The standard InChI is InChI=1S/C16H21NO/c1-2-17-11-13-7-5-8-14(13)16-10-12-6-3-4-9-15(12)18-16/h3-4,6,9-10,13-14,17H,2,5,7-8,11H2,1H3. The molecule has 0 amide bonds. The monoisotopic (exact) mass is 243 g/mol. The van der Waals surface area contributed by atoms with Gasteiger partial charge in [-0.1, -0.05) is 31.5 Å². The Bertz CT molecular complexity index is 484. The maximum atomic E-state index is 6.03. The number of nitrogens with one attached hydrogen (secondary N) is 1. The van der Waals surface area contributed by atoms with E-state index in [1.54, 1.807) is 0 Å². The average Bonchev–Trinajstić information content (AvgIpc) is 3.01. The lowest BCUT2D eigenvalue weighted by Gasteiger charge is -2.17. The van der Waals surface area contributed by atoms with Crippen LogP contribution in [-0.2, 0) is 0 Å². The maximum Gasteiger partial charge on any atom is 0.134 e. The fraction of sp³-hybridized carbons (Fsp3) is 0.500. The third-order valence-electron chi connectivity index (χ3n) is 4.13. The predicted molar refractivity (Wildman–Crippen MR) is 74.8 cm³/mol. The minimum Gasteiger partial charge on any atom is -0.461 e. The normalized spacial score (nSPS) is 23.8. The molecule has 2 atom stereocenters. The SMILES string of the molecule is CCNCC1CCCC1c1cc2ccccc2o1. The van der Waals surface area contributed by atoms with Gasteiger partial charge in [0.25, 0.3) is 0 Å². The Morgan fingerprint density at radius 1 is 1.28 bits per heavy atom. The van der Waals surface area contributed by atoms with Crippen molar-refractivity contribution in [2.45, 2.75) is 32.1 Å². The maximum absolute atomic E-state index is 6.03. The molecule has 1 aliphatic carbocycles. The van der Waals surface area contributed by atoms with Gasteiger partial charge in [0.2, 0.25) is 0 Å². The largest absolute Gasteiger partial charge is 0.461 e. The van der Waals surface area contributed by atoms with Gasteiger partial charge in [-0.15, -0.1) is 0 Å². The molecule has 2 aromatic rings. The second kappa shape index (κ2) is 5.15. The van der Waals surface area contributed by atoms with E-state index in [9.17, 15) is 0 Å². The first-order chi connectivity index (χ1) is 8.88. The minimum absolute atomic E-state index is 0.608. The van der Waals surface area contributed by atoms with Crippen LogP contribution in [0.25, 0.3) is 11.0 Å². The molecule has 1 N–H and O–H groups in total. The molecule has 1 saturated carbocycles. The van der Waals surface area contributed by atoms with Gasteiger partial charge in [0.15, 0.2) is 0 Å². The Balaban J connectivity index is 1.84. The second-order valence-corrected chi connectivity index (χ2v) is 5.29. The predicted octanol–water partition coefficient (Wildman–Crippen LogP) is 3.93. The lowest BCUT2D eigenvalue weighted by Crippen LogP contribution is -2.24. The summed E-state index contributed by atoms with van der Waals surface area (Å²) in [4.78, 5) is 0. The highest BCUT2D eigenvalue weighted by Crippen LogP contribution is 2.41. The van der Waals surface area contributed by atoms with Gasteiger partial charge in [-0.2, -0.15) is 0 Å². The number of hydrogen-bond acceptors (Lipinski definition) is 2. The van der Waals surface area contributed by atoms with Crippen LogP contribution in [0.4, 0.5) is 0 Å². The molecular weight excluding hydrogens is 222 g/mol. The molecule has 2 nitrogen and oxygen atoms in total. The van der Waals surface area contributed by atoms with E-state index in [4.69, 9.17) is 4.42 Å². The fourth-order valence-electron chi connectivity index (χ4n) is 3.17. The van der Waals surface area contributed by atoms with Gasteiger partial charge >= 0.3 is 0 Å². The smallest absolute Gasteiger partial charge is 0.134 e. The molecule has 2 heteroatoms. The molecule has 1 aliphatic rings. The Kier molecular flexibility index (Phi) is 3.37. The summed E-state index contributed by atoms with van der Waals surface area (Å²) in [7, 11) is 0. The molecule has 0 radical (unpaired) electrons. The Morgan fingerprint density at radius 2 is 2.17 bits per heavy atom. The molecule has 0 spiro atoms. The van der Waals surface area contributed by atoms with Crippen LogP contribution < -0.4 is 5.32 Å². The first-order valence-electron chi connectivity index (χ1n) is 7.07. The van der Waals surface area contributed by atoms with Crippen molar-refractivity contribution in [1.29, 1.82) is 0 Å². The first-order valence-corrected chi connectivity index (χ1v) is 7.07. The van der Waals surface area contributed by atoms with Gasteiger partial charge in [0.1, 0.15) is 11.3 Å². The molecule has 2 unspecified atom stereocenters. The lowest BCUT2D eigenvalue weighted by molar-refractivity contribution is 0.394. The van der Waals surface area contributed by atoms with Gasteiger partial charge in [0, 0.05) is 11.3 Å². The molecule has 3 rings (SSSR count). The van der Waals surface area contributed by atoms with Crippen molar-refractivity contribution in [2.24, 2.45) is 5.92 Å². The zero-order valence-corrected chi connectivity index (χ0v) is 11.0. The Morgan fingerprint density at radius 3 is 3.00 bits per heavy atom. The number of furan rings is 1. The summed E-state index contributed by atoms with van der Waals surface area (Å²) in [5.74, 6) is 2.54. The molecule has 0 saturated heterocycles. The van der Waals surface area contributed by atoms with Crippen molar-refractivity contribution in [3.63, 3.8) is 0 Å². The molecule has 18 heavy (non-hydrogen) atoms. The first kappa shape index (κ1) is 11.8. The minimum atomic E-state index is 0.608. The second-order valence-electron chi connectivity index (χ2n) is 5.29. The summed E-state index contributed by atoms with van der Waals surface area (Å²) in [6.07, 6.45) is 3.93. The zero-order valence-electron chi connectivity index (χ0n) is 11.0. The van der Waals surface area contributed by atoms with Crippen molar-refractivity contribution in [3.05, 3.63) is 36.1 Å². The van der Waals surface area contributed by atoms with Crippen LogP contribution in [-0.4, -0.2) is 13.1 Å². The van der Waals surface area contributed by atoms with Crippen LogP contribution in [0.5, 0.6) is 0 Å². The number of benzene rings is 1. The molecule has 1 fully saturated rings. The topological polar surface area (TPSA) is 25.2 Å². The molecule has 1 heterocycles. The van der Waals surface area contributed by atoms with Crippen molar-refractivity contribution in [2.75, 3.05) is 13.1 Å². The van der Waals surface area contributed by atoms with Crippen molar-refractivity contribution < 1.29 is 4.42 Å². The van der Waals surface area contributed by atoms with E-state index in [0.717, 1.165) is 24.6 Å². The highest BCUT2D eigenvalue weighted by Gasteiger charge is 2.30. The van der Waals surface area contributed by atoms with E-state index in [1.807, 2.05) is 6.07 Å². The molecule has 96 valence electrons. The summed E-state index contributed by atoms with van der Waals surface area (Å²) in [6.45, 7) is 4.35. The van der Waals surface area contributed by atoms with E-state index in [1.165, 1.54) is 30.4 Å². The molecule has 0 aliphatic heterocycles. The van der Waals surface area contributed by atoms with Crippen LogP contribution in [0.1, 0.15) is 37.9 Å². The van der Waals surface area contributed by atoms with E-state index >= 15 is 0 Å². The van der Waals surface area contributed by atoms with Gasteiger partial charge in [0.05, 0.1) is 0 Å². The van der Waals surface area contributed by atoms with E-state index < -0.39 is 0 Å². The number of para-hydroxylation sites is 1. The fourth-order valence-corrected chi connectivity index (χ4v) is 3.17. The highest BCUT2D eigenvalue weighted by atomic mass is 16.3. The van der Waals surface area contributed by atoms with Gasteiger partial charge in [-0.25, -0.2) is 0 Å². The van der Waals surface area contributed by atoms with Gasteiger partial charge in [-0.3, -0.25) is 0 Å². The Labute approximate surface area is 108 Å². The average molecular weight is 243 g/mol. The molecular formula is C16H21NO. The van der Waals surface area contributed by atoms with Gasteiger partial charge < -0.3 is 9.73 Å². The van der Waals surface area contributed by atoms with Crippen molar-refractivity contribution in [1.82, 2.24) is 5.32 Å². The van der Waals surface area contributed by atoms with E-state index in [0.29, 0.717) is 5.92 Å².